The standard InChI is InChI=1S/C31H18ClN3S/c32-21-17-20-11-4-5-12-22(20)26(18-21)31-34-29(19-9-2-1-3-10-19)33-30(35-31)25-15-8-14-24-23-13-6-7-16-27(23)36-28(24)25/h1-18H. The van der Waals surface area contributed by atoms with Crippen molar-refractivity contribution in [3.05, 3.63) is 114 Å². The highest BCUT2D eigenvalue weighted by atomic mass is 35.5. The molecule has 2 heterocycles. The normalized spacial score (nSPS) is 11.5. The minimum atomic E-state index is 0.607. The number of benzene rings is 5. The average Bonchev–Trinajstić information content (AvgIpc) is 3.32. The van der Waals surface area contributed by atoms with Crippen LogP contribution in [-0.4, -0.2) is 15.0 Å². The van der Waals surface area contributed by atoms with Crippen molar-refractivity contribution in [3.8, 4) is 34.2 Å². The Morgan fingerprint density at radius 3 is 2.06 bits per heavy atom. The Labute approximate surface area is 216 Å². The van der Waals surface area contributed by atoms with Crippen LogP contribution in [0.3, 0.4) is 0 Å². The summed E-state index contributed by atoms with van der Waals surface area (Å²) in [6.45, 7) is 0. The summed E-state index contributed by atoms with van der Waals surface area (Å²) in [5.74, 6) is 1.90. The van der Waals surface area contributed by atoms with E-state index in [1.165, 1.54) is 20.2 Å². The fourth-order valence-corrected chi connectivity index (χ4v) is 6.15. The molecule has 7 aromatic rings. The lowest BCUT2D eigenvalue weighted by atomic mass is 10.0. The molecule has 0 fully saturated rings. The van der Waals surface area contributed by atoms with Gasteiger partial charge in [0.2, 0.25) is 0 Å². The van der Waals surface area contributed by atoms with Gasteiger partial charge in [0.1, 0.15) is 0 Å². The molecule has 5 heteroatoms. The maximum Gasteiger partial charge on any atom is 0.165 e. The van der Waals surface area contributed by atoms with E-state index in [4.69, 9.17) is 26.6 Å². The highest BCUT2D eigenvalue weighted by molar-refractivity contribution is 7.26. The van der Waals surface area contributed by atoms with Gasteiger partial charge in [-0.3, -0.25) is 0 Å². The van der Waals surface area contributed by atoms with Gasteiger partial charge in [0.15, 0.2) is 17.5 Å². The molecule has 0 aliphatic rings. The van der Waals surface area contributed by atoms with Gasteiger partial charge < -0.3 is 0 Å². The SMILES string of the molecule is Clc1cc(-c2nc(-c3ccccc3)nc(-c3cccc4c3sc3ccccc34)n2)c2ccccc2c1. The van der Waals surface area contributed by atoms with Crippen LogP contribution in [0.4, 0.5) is 0 Å². The first-order valence-electron chi connectivity index (χ1n) is 11.7. The number of fused-ring (bicyclic) bond motifs is 4. The minimum Gasteiger partial charge on any atom is -0.208 e. The lowest BCUT2D eigenvalue weighted by Crippen LogP contribution is -2.00. The van der Waals surface area contributed by atoms with Crippen LogP contribution >= 0.6 is 22.9 Å². The molecule has 7 rings (SSSR count). The molecule has 0 radical (unpaired) electrons. The van der Waals surface area contributed by atoms with Crippen LogP contribution in [0.25, 0.3) is 65.1 Å². The Hall–Kier alpha value is -4.12. The summed E-state index contributed by atoms with van der Waals surface area (Å²) in [6.07, 6.45) is 0. The number of aromatic nitrogens is 3. The van der Waals surface area contributed by atoms with Crippen molar-refractivity contribution in [2.24, 2.45) is 0 Å². The van der Waals surface area contributed by atoms with E-state index in [1.54, 1.807) is 11.3 Å². The molecular formula is C31H18ClN3S. The van der Waals surface area contributed by atoms with E-state index in [0.717, 1.165) is 27.5 Å². The summed E-state index contributed by atoms with van der Waals surface area (Å²) in [5, 5.41) is 5.22. The number of halogens is 1. The van der Waals surface area contributed by atoms with E-state index in [0.29, 0.717) is 22.5 Å². The smallest absolute Gasteiger partial charge is 0.165 e. The van der Waals surface area contributed by atoms with Crippen molar-refractivity contribution in [1.29, 1.82) is 0 Å². The van der Waals surface area contributed by atoms with Gasteiger partial charge in [-0.25, -0.2) is 15.0 Å². The van der Waals surface area contributed by atoms with Crippen LogP contribution < -0.4 is 0 Å². The van der Waals surface area contributed by atoms with E-state index in [1.807, 2.05) is 54.6 Å². The van der Waals surface area contributed by atoms with E-state index in [9.17, 15) is 0 Å². The van der Waals surface area contributed by atoms with E-state index >= 15 is 0 Å². The molecule has 2 aromatic heterocycles. The number of hydrogen-bond donors (Lipinski definition) is 0. The Bertz CT molecular complexity index is 1910. The third kappa shape index (κ3) is 3.54. The summed E-state index contributed by atoms with van der Waals surface area (Å²) < 4.78 is 2.42. The number of thiophene rings is 1. The molecule has 5 aromatic carbocycles. The second kappa shape index (κ2) is 8.52. The zero-order chi connectivity index (χ0) is 24.1. The molecular weight excluding hydrogens is 482 g/mol. The van der Waals surface area contributed by atoms with Gasteiger partial charge in [0, 0.05) is 41.9 Å². The Morgan fingerprint density at radius 1 is 0.528 bits per heavy atom. The largest absolute Gasteiger partial charge is 0.208 e. The van der Waals surface area contributed by atoms with Crippen LogP contribution in [0, 0.1) is 0 Å². The van der Waals surface area contributed by atoms with Crippen LogP contribution in [0.15, 0.2) is 109 Å². The summed E-state index contributed by atoms with van der Waals surface area (Å²) in [6, 6.07) is 37.0. The third-order valence-electron chi connectivity index (χ3n) is 6.38. The van der Waals surface area contributed by atoms with Gasteiger partial charge >= 0.3 is 0 Å². The predicted molar refractivity (Wildman–Crippen MR) is 152 cm³/mol. The van der Waals surface area contributed by atoms with Gasteiger partial charge in [-0.05, 0) is 35.0 Å². The molecule has 0 aliphatic heterocycles. The predicted octanol–water partition coefficient (Wildman–Crippen LogP) is 9.05. The van der Waals surface area contributed by atoms with Gasteiger partial charge in [-0.1, -0.05) is 96.5 Å². The maximum absolute atomic E-state index is 6.54. The number of hydrogen-bond acceptors (Lipinski definition) is 4. The van der Waals surface area contributed by atoms with Crippen LogP contribution in [0.1, 0.15) is 0 Å². The molecule has 0 saturated carbocycles. The monoisotopic (exact) mass is 499 g/mol. The molecule has 36 heavy (non-hydrogen) atoms. The molecule has 0 saturated heterocycles. The van der Waals surface area contributed by atoms with Crippen LogP contribution in [0.5, 0.6) is 0 Å². The molecule has 0 spiro atoms. The lowest BCUT2D eigenvalue weighted by molar-refractivity contribution is 1.08. The van der Waals surface area contributed by atoms with Crippen LogP contribution in [-0.2, 0) is 0 Å². The van der Waals surface area contributed by atoms with E-state index < -0.39 is 0 Å². The van der Waals surface area contributed by atoms with Crippen molar-refractivity contribution < 1.29 is 0 Å². The molecule has 0 atom stereocenters. The molecule has 0 bridgehead atoms. The Morgan fingerprint density at radius 2 is 1.19 bits per heavy atom. The summed E-state index contributed by atoms with van der Waals surface area (Å²) in [4.78, 5) is 14.9. The Balaban J connectivity index is 1.54. The van der Waals surface area contributed by atoms with Crippen molar-refractivity contribution in [2.45, 2.75) is 0 Å². The highest BCUT2D eigenvalue weighted by Gasteiger charge is 2.17. The van der Waals surface area contributed by atoms with Gasteiger partial charge in [-0.2, -0.15) is 0 Å². The topological polar surface area (TPSA) is 38.7 Å². The number of rotatable bonds is 3. The first-order chi connectivity index (χ1) is 17.7. The quantitative estimate of drug-likeness (QED) is 0.243. The van der Waals surface area contributed by atoms with E-state index in [-0.39, 0.29) is 0 Å². The second-order valence-electron chi connectivity index (χ2n) is 8.63. The lowest BCUT2D eigenvalue weighted by Gasteiger charge is -2.11. The van der Waals surface area contributed by atoms with Crippen molar-refractivity contribution in [2.75, 3.05) is 0 Å². The molecule has 0 aliphatic carbocycles. The molecule has 0 unspecified atom stereocenters. The first kappa shape index (κ1) is 21.2. The maximum atomic E-state index is 6.54. The highest BCUT2D eigenvalue weighted by Crippen LogP contribution is 2.40. The van der Waals surface area contributed by atoms with E-state index in [2.05, 4.69) is 54.6 Å². The fraction of sp³-hybridized carbons (Fsp3) is 0. The zero-order valence-corrected chi connectivity index (χ0v) is 20.6. The summed E-state index contributed by atoms with van der Waals surface area (Å²) in [5.41, 5.74) is 2.83. The van der Waals surface area contributed by atoms with Gasteiger partial charge in [0.25, 0.3) is 0 Å². The molecule has 3 nitrogen and oxygen atoms in total. The Kier molecular flexibility index (Phi) is 5.01. The van der Waals surface area contributed by atoms with Gasteiger partial charge in [-0.15, -0.1) is 11.3 Å². The second-order valence-corrected chi connectivity index (χ2v) is 10.1. The fourth-order valence-electron chi connectivity index (χ4n) is 4.72. The van der Waals surface area contributed by atoms with Crippen molar-refractivity contribution in [3.63, 3.8) is 0 Å². The summed E-state index contributed by atoms with van der Waals surface area (Å²) in [7, 11) is 0. The molecule has 0 amide bonds. The average molecular weight is 500 g/mol. The molecule has 0 N–H and O–H groups in total. The summed E-state index contributed by atoms with van der Waals surface area (Å²) >= 11 is 8.31. The number of nitrogens with zero attached hydrogens (tertiary/aromatic N) is 3. The third-order valence-corrected chi connectivity index (χ3v) is 7.82. The first-order valence-corrected chi connectivity index (χ1v) is 12.8. The van der Waals surface area contributed by atoms with Crippen molar-refractivity contribution in [1.82, 2.24) is 15.0 Å². The van der Waals surface area contributed by atoms with Crippen molar-refractivity contribution >= 4 is 53.9 Å². The minimum absolute atomic E-state index is 0.607. The van der Waals surface area contributed by atoms with Crippen LogP contribution in [0.2, 0.25) is 5.02 Å². The molecule has 170 valence electrons. The van der Waals surface area contributed by atoms with Gasteiger partial charge in [0.05, 0.1) is 0 Å². The zero-order valence-electron chi connectivity index (χ0n) is 19.0.